The van der Waals surface area contributed by atoms with E-state index in [4.69, 9.17) is 0 Å². The molecule has 2 aliphatic carbocycles. The lowest BCUT2D eigenvalue weighted by molar-refractivity contribution is -0.0565. The van der Waals surface area contributed by atoms with E-state index in [0.29, 0.717) is 17.4 Å². The van der Waals surface area contributed by atoms with Gasteiger partial charge in [-0.25, -0.2) is 0 Å². The Hall–Kier alpha value is -2.00. The van der Waals surface area contributed by atoms with Gasteiger partial charge in [-0.15, -0.1) is 0 Å². The van der Waals surface area contributed by atoms with Gasteiger partial charge in [0.1, 0.15) is 11.5 Å². The lowest BCUT2D eigenvalue weighted by atomic mass is 9.52. The summed E-state index contributed by atoms with van der Waals surface area (Å²) in [5.41, 5.74) is 3.29. The number of fused-ring (bicyclic) bond motifs is 3. The van der Waals surface area contributed by atoms with Crippen LogP contribution in [0.2, 0.25) is 0 Å². The van der Waals surface area contributed by atoms with Crippen LogP contribution in [0.15, 0.2) is 42.5 Å². The van der Waals surface area contributed by atoms with Crippen LogP contribution in [0.1, 0.15) is 62.1 Å². The topological polar surface area (TPSA) is 60.7 Å². The molecule has 0 amide bonds. The Morgan fingerprint density at radius 2 is 1.74 bits per heavy atom. The van der Waals surface area contributed by atoms with Gasteiger partial charge in [-0.2, -0.15) is 0 Å². The Bertz CT molecular complexity index is 813. The molecule has 27 heavy (non-hydrogen) atoms. The monoisotopic (exact) mass is 366 g/mol. The Morgan fingerprint density at radius 1 is 1.00 bits per heavy atom. The van der Waals surface area contributed by atoms with Crippen LogP contribution in [-0.4, -0.2) is 20.9 Å². The number of rotatable bonds is 4. The molecule has 4 rings (SSSR count). The van der Waals surface area contributed by atoms with E-state index in [-0.39, 0.29) is 5.41 Å². The number of phenols is 2. The van der Waals surface area contributed by atoms with E-state index < -0.39 is 5.60 Å². The molecule has 0 saturated heterocycles. The van der Waals surface area contributed by atoms with Crippen molar-refractivity contribution < 1.29 is 15.3 Å². The third-order valence-corrected chi connectivity index (χ3v) is 7.00. The van der Waals surface area contributed by atoms with Gasteiger partial charge in [0.15, 0.2) is 0 Å². The van der Waals surface area contributed by atoms with Crippen LogP contribution in [0.4, 0.5) is 0 Å². The Kier molecular flexibility index (Phi) is 4.67. The maximum absolute atomic E-state index is 11.1. The van der Waals surface area contributed by atoms with Gasteiger partial charge in [-0.3, -0.25) is 0 Å². The summed E-state index contributed by atoms with van der Waals surface area (Å²) in [6.45, 7) is 2.15. The summed E-state index contributed by atoms with van der Waals surface area (Å²) >= 11 is 0. The van der Waals surface area contributed by atoms with Crippen LogP contribution >= 0.6 is 0 Å². The summed E-state index contributed by atoms with van der Waals surface area (Å²) in [7, 11) is 0. The zero-order chi connectivity index (χ0) is 19.1. The van der Waals surface area contributed by atoms with Crippen molar-refractivity contribution in [2.75, 3.05) is 0 Å². The van der Waals surface area contributed by atoms with Crippen molar-refractivity contribution in [3.8, 4) is 11.5 Å². The third-order valence-electron chi connectivity index (χ3n) is 7.00. The highest BCUT2D eigenvalue weighted by Crippen LogP contribution is 2.55. The molecule has 3 heteroatoms. The maximum Gasteiger partial charge on any atom is 0.115 e. The first-order chi connectivity index (χ1) is 12.9. The van der Waals surface area contributed by atoms with Crippen molar-refractivity contribution >= 4 is 0 Å². The third kappa shape index (κ3) is 3.34. The SMILES string of the molecule is CCCC1(O)CC[C@@]2(Cc3ccc(O)cc3)c3ccc(O)cc3CC[C@H]2C1. The smallest absolute Gasteiger partial charge is 0.115 e. The quantitative estimate of drug-likeness (QED) is 0.724. The minimum Gasteiger partial charge on any atom is -0.508 e. The lowest BCUT2D eigenvalue weighted by Crippen LogP contribution is -2.51. The molecule has 0 aliphatic heterocycles. The predicted molar refractivity (Wildman–Crippen MR) is 107 cm³/mol. The average Bonchev–Trinajstić information content (AvgIpc) is 2.64. The number of aliphatic hydroxyl groups is 1. The van der Waals surface area contributed by atoms with E-state index in [9.17, 15) is 15.3 Å². The van der Waals surface area contributed by atoms with Crippen LogP contribution < -0.4 is 0 Å². The molecule has 3 atom stereocenters. The highest BCUT2D eigenvalue weighted by atomic mass is 16.3. The van der Waals surface area contributed by atoms with Crippen LogP contribution in [0.25, 0.3) is 0 Å². The zero-order valence-corrected chi connectivity index (χ0v) is 16.1. The Labute approximate surface area is 161 Å². The molecular weight excluding hydrogens is 336 g/mol. The molecule has 144 valence electrons. The molecule has 2 aromatic carbocycles. The fraction of sp³-hybridized carbons (Fsp3) is 0.500. The number of phenolic OH excluding ortho intramolecular Hbond substituents is 2. The van der Waals surface area contributed by atoms with Crippen LogP contribution in [0.5, 0.6) is 11.5 Å². The molecule has 3 nitrogen and oxygen atoms in total. The standard InChI is InChI=1S/C24H30O3/c1-2-11-23(27)12-13-24(15-17-3-7-20(25)8-4-17)19(16-23)6-5-18-14-21(26)9-10-22(18)24/h3-4,7-10,14,19,25-27H,2,5-6,11-13,15-16H2,1H3/t19-,23?,24-/m0/s1. The molecule has 0 bridgehead atoms. The first kappa shape index (κ1) is 18.4. The van der Waals surface area contributed by atoms with Crippen LogP contribution in [0.3, 0.4) is 0 Å². The van der Waals surface area contributed by atoms with Gasteiger partial charge >= 0.3 is 0 Å². The van der Waals surface area contributed by atoms with Gasteiger partial charge in [0.25, 0.3) is 0 Å². The molecule has 1 saturated carbocycles. The lowest BCUT2D eigenvalue weighted by Gasteiger charge is -2.53. The van der Waals surface area contributed by atoms with Crippen LogP contribution in [0, 0.1) is 5.92 Å². The predicted octanol–water partition coefficient (Wildman–Crippen LogP) is 4.86. The van der Waals surface area contributed by atoms with E-state index >= 15 is 0 Å². The minimum atomic E-state index is -0.535. The van der Waals surface area contributed by atoms with E-state index in [2.05, 4.69) is 13.0 Å². The maximum atomic E-state index is 11.1. The zero-order valence-electron chi connectivity index (χ0n) is 16.1. The fourth-order valence-electron chi connectivity index (χ4n) is 5.75. The highest BCUT2D eigenvalue weighted by Gasteiger charge is 2.51. The molecule has 2 aromatic rings. The van der Waals surface area contributed by atoms with Crippen molar-refractivity contribution in [3.63, 3.8) is 0 Å². The van der Waals surface area contributed by atoms with Gasteiger partial charge < -0.3 is 15.3 Å². The second kappa shape index (κ2) is 6.87. The minimum absolute atomic E-state index is 0.00176. The van der Waals surface area contributed by atoms with Crippen molar-refractivity contribution in [3.05, 3.63) is 59.2 Å². The molecule has 0 spiro atoms. The van der Waals surface area contributed by atoms with Gasteiger partial charge in [0.2, 0.25) is 0 Å². The van der Waals surface area contributed by atoms with E-state index in [1.807, 2.05) is 24.3 Å². The summed E-state index contributed by atoms with van der Waals surface area (Å²) in [5, 5.41) is 30.8. The van der Waals surface area contributed by atoms with E-state index in [0.717, 1.165) is 51.4 Å². The Morgan fingerprint density at radius 3 is 2.48 bits per heavy atom. The van der Waals surface area contributed by atoms with Crippen LogP contribution in [-0.2, 0) is 18.3 Å². The molecule has 1 fully saturated rings. The molecule has 1 unspecified atom stereocenters. The number of hydrogen-bond donors (Lipinski definition) is 3. The van der Waals surface area contributed by atoms with Crippen molar-refractivity contribution in [1.29, 1.82) is 0 Å². The first-order valence-corrected chi connectivity index (χ1v) is 10.3. The summed E-state index contributed by atoms with van der Waals surface area (Å²) < 4.78 is 0. The Balaban J connectivity index is 1.75. The van der Waals surface area contributed by atoms with Gasteiger partial charge in [0.05, 0.1) is 5.60 Å². The fourth-order valence-corrected chi connectivity index (χ4v) is 5.75. The first-order valence-electron chi connectivity index (χ1n) is 10.3. The molecule has 3 N–H and O–H groups in total. The molecule has 2 aliphatic rings. The van der Waals surface area contributed by atoms with Gasteiger partial charge in [-0.1, -0.05) is 31.5 Å². The summed E-state index contributed by atoms with van der Waals surface area (Å²) in [6.07, 6.45) is 7.48. The van der Waals surface area contributed by atoms with Crippen molar-refractivity contribution in [1.82, 2.24) is 0 Å². The summed E-state index contributed by atoms with van der Waals surface area (Å²) in [6, 6.07) is 13.4. The number of hydrogen-bond acceptors (Lipinski definition) is 3. The molecule has 0 aromatic heterocycles. The summed E-state index contributed by atoms with van der Waals surface area (Å²) in [5.74, 6) is 1.07. The second-order valence-corrected chi connectivity index (χ2v) is 8.75. The average molecular weight is 367 g/mol. The molecule has 0 radical (unpaired) electrons. The summed E-state index contributed by atoms with van der Waals surface area (Å²) in [4.78, 5) is 0. The molecular formula is C24H30O3. The number of aromatic hydroxyl groups is 2. The highest BCUT2D eigenvalue weighted by molar-refractivity contribution is 5.44. The van der Waals surface area contributed by atoms with E-state index in [1.165, 1.54) is 16.7 Å². The number of benzene rings is 2. The largest absolute Gasteiger partial charge is 0.508 e. The van der Waals surface area contributed by atoms with Gasteiger partial charge in [-0.05, 0) is 91.8 Å². The number of aryl methyl sites for hydroxylation is 1. The molecule has 0 heterocycles. The van der Waals surface area contributed by atoms with Crippen molar-refractivity contribution in [2.24, 2.45) is 5.92 Å². The second-order valence-electron chi connectivity index (χ2n) is 8.75. The van der Waals surface area contributed by atoms with Gasteiger partial charge in [0, 0.05) is 5.41 Å². The van der Waals surface area contributed by atoms with Crippen molar-refractivity contribution in [2.45, 2.75) is 69.3 Å². The van der Waals surface area contributed by atoms with E-state index in [1.54, 1.807) is 12.1 Å². The normalized spacial score (nSPS) is 29.8.